The second kappa shape index (κ2) is 5.18. The van der Waals surface area contributed by atoms with E-state index in [1.807, 2.05) is 4.90 Å². The molecule has 2 aromatic heterocycles. The summed E-state index contributed by atoms with van der Waals surface area (Å²) in [6, 6.07) is 5.31. The molecule has 1 unspecified atom stereocenters. The highest BCUT2D eigenvalue weighted by Gasteiger charge is 2.21. The van der Waals surface area contributed by atoms with E-state index in [0.717, 1.165) is 24.1 Å². The molecule has 3 rings (SSSR count). The number of fused-ring (bicyclic) bond motifs is 1. The second-order valence-electron chi connectivity index (χ2n) is 5.15. The maximum absolute atomic E-state index is 12.2. The molecule has 1 aliphatic heterocycles. The fourth-order valence-electron chi connectivity index (χ4n) is 2.58. The number of rotatable bonds is 2. The maximum atomic E-state index is 12.2. The van der Waals surface area contributed by atoms with Gasteiger partial charge in [-0.1, -0.05) is 6.07 Å². The van der Waals surface area contributed by atoms with Crippen molar-refractivity contribution in [3.63, 3.8) is 0 Å². The average molecular weight is 275 g/mol. The minimum absolute atomic E-state index is 0.106. The first kappa shape index (κ1) is 13.0. The van der Waals surface area contributed by atoms with Gasteiger partial charge in [0.2, 0.25) is 0 Å². The van der Waals surface area contributed by atoms with Gasteiger partial charge < -0.3 is 5.73 Å². The number of pyridine rings is 1. The maximum Gasteiger partial charge on any atom is 0.357 e. The molecular weight excluding hydrogens is 258 g/mol. The van der Waals surface area contributed by atoms with Crippen molar-refractivity contribution >= 4 is 11.6 Å². The van der Waals surface area contributed by atoms with Gasteiger partial charge in [0.1, 0.15) is 0 Å². The van der Waals surface area contributed by atoms with Crippen LogP contribution in [0, 0.1) is 0 Å². The van der Waals surface area contributed by atoms with Gasteiger partial charge in [0.25, 0.3) is 5.91 Å². The van der Waals surface area contributed by atoms with Gasteiger partial charge in [0.15, 0.2) is 5.65 Å². The molecule has 1 saturated heterocycles. The molecule has 2 N–H and O–H groups in total. The van der Waals surface area contributed by atoms with E-state index in [0.29, 0.717) is 12.2 Å². The predicted molar refractivity (Wildman–Crippen MR) is 73.7 cm³/mol. The third-order valence-corrected chi connectivity index (χ3v) is 3.57. The van der Waals surface area contributed by atoms with Crippen LogP contribution in [0.4, 0.5) is 0 Å². The number of nitrogens with two attached hydrogens (primary N) is 1. The van der Waals surface area contributed by atoms with Gasteiger partial charge in [-0.05, 0) is 31.5 Å². The lowest BCUT2D eigenvalue weighted by Crippen LogP contribution is -2.46. The summed E-state index contributed by atoms with van der Waals surface area (Å²) in [7, 11) is 0. The summed E-state index contributed by atoms with van der Waals surface area (Å²) in [5, 5.41) is 4.06. The lowest BCUT2D eigenvalue weighted by atomic mass is 10.1. The molecule has 0 aromatic carbocycles. The van der Waals surface area contributed by atoms with E-state index >= 15 is 0 Å². The van der Waals surface area contributed by atoms with Crippen LogP contribution in [0.15, 0.2) is 29.2 Å². The summed E-state index contributed by atoms with van der Waals surface area (Å²) in [6.45, 7) is 1.70. The van der Waals surface area contributed by atoms with Crippen LogP contribution in [0.2, 0.25) is 0 Å². The van der Waals surface area contributed by atoms with Gasteiger partial charge in [-0.3, -0.25) is 9.69 Å². The Bertz CT molecular complexity index is 689. The van der Waals surface area contributed by atoms with Crippen molar-refractivity contribution in [3.8, 4) is 0 Å². The lowest BCUT2D eigenvalue weighted by molar-refractivity contribution is 0.0805. The van der Waals surface area contributed by atoms with Crippen molar-refractivity contribution in [2.45, 2.75) is 18.9 Å². The van der Waals surface area contributed by atoms with Crippen LogP contribution in [0.3, 0.4) is 0 Å². The van der Waals surface area contributed by atoms with Gasteiger partial charge in [0.05, 0.1) is 6.54 Å². The first-order valence-corrected chi connectivity index (χ1v) is 6.73. The van der Waals surface area contributed by atoms with Crippen molar-refractivity contribution in [1.82, 2.24) is 19.1 Å². The van der Waals surface area contributed by atoms with Crippen LogP contribution in [-0.4, -0.2) is 50.7 Å². The van der Waals surface area contributed by atoms with Crippen LogP contribution in [0.1, 0.15) is 17.6 Å². The van der Waals surface area contributed by atoms with Gasteiger partial charge in [-0.15, -0.1) is 9.78 Å². The topological polar surface area (TPSA) is 85.6 Å². The molecule has 1 aliphatic rings. The van der Waals surface area contributed by atoms with Crippen LogP contribution in [0.5, 0.6) is 0 Å². The van der Waals surface area contributed by atoms with Gasteiger partial charge in [-0.2, -0.15) is 0 Å². The standard InChI is InChI=1S/C13H17N5O2/c14-10-4-3-6-16(8-10)9-12(19)18-13(20)17-7-2-1-5-11(17)15-18/h1-2,5,7,10H,3-4,6,8-9,14H2. The van der Waals surface area contributed by atoms with Gasteiger partial charge in [-0.25, -0.2) is 9.20 Å². The van der Waals surface area contributed by atoms with Gasteiger partial charge in [0, 0.05) is 18.8 Å². The molecule has 7 nitrogen and oxygen atoms in total. The average Bonchev–Trinajstić information content (AvgIpc) is 2.77. The first-order valence-electron chi connectivity index (χ1n) is 6.73. The minimum Gasteiger partial charge on any atom is -0.327 e. The Morgan fingerprint density at radius 2 is 2.30 bits per heavy atom. The molecule has 0 spiro atoms. The second-order valence-corrected chi connectivity index (χ2v) is 5.15. The number of nitrogens with zero attached hydrogens (tertiary/aromatic N) is 4. The van der Waals surface area contributed by atoms with Gasteiger partial charge >= 0.3 is 5.69 Å². The van der Waals surface area contributed by atoms with E-state index in [9.17, 15) is 9.59 Å². The third kappa shape index (κ3) is 2.37. The van der Waals surface area contributed by atoms with Crippen LogP contribution in [0.25, 0.3) is 5.65 Å². The Hall–Kier alpha value is -1.99. The molecular formula is C13H17N5O2. The Kier molecular flexibility index (Phi) is 3.37. The van der Waals surface area contributed by atoms with E-state index in [4.69, 9.17) is 5.73 Å². The summed E-state index contributed by atoms with van der Waals surface area (Å²) in [5.41, 5.74) is 5.94. The Labute approximate surface area is 115 Å². The molecule has 0 radical (unpaired) electrons. The number of aromatic nitrogens is 3. The zero-order valence-electron chi connectivity index (χ0n) is 11.1. The zero-order chi connectivity index (χ0) is 14.1. The number of carbonyl (C=O) groups excluding carboxylic acids is 1. The summed E-state index contributed by atoms with van der Waals surface area (Å²) >= 11 is 0. The Balaban J connectivity index is 1.82. The normalized spacial score (nSPS) is 20.4. The molecule has 20 heavy (non-hydrogen) atoms. The molecule has 1 fully saturated rings. The van der Waals surface area contributed by atoms with Crippen LogP contribution < -0.4 is 11.4 Å². The number of piperidine rings is 1. The summed E-state index contributed by atoms with van der Waals surface area (Å²) in [5.74, 6) is -0.312. The molecule has 0 saturated carbocycles. The quantitative estimate of drug-likeness (QED) is 0.803. The van der Waals surface area contributed by atoms with E-state index in [1.54, 1.807) is 24.4 Å². The van der Waals surface area contributed by atoms with Crippen molar-refractivity contribution in [2.24, 2.45) is 5.73 Å². The Morgan fingerprint density at radius 1 is 1.45 bits per heavy atom. The van der Waals surface area contributed by atoms with E-state index < -0.39 is 5.69 Å². The number of hydrogen-bond donors (Lipinski definition) is 1. The number of likely N-dealkylation sites (tertiary alicyclic amines) is 1. The molecule has 1 atom stereocenters. The summed E-state index contributed by atoms with van der Waals surface area (Å²) in [6.07, 6.45) is 3.57. The van der Waals surface area contributed by atoms with Crippen molar-refractivity contribution in [1.29, 1.82) is 0 Å². The fraction of sp³-hybridized carbons (Fsp3) is 0.462. The smallest absolute Gasteiger partial charge is 0.327 e. The van der Waals surface area contributed by atoms with Crippen molar-refractivity contribution in [3.05, 3.63) is 34.9 Å². The molecule has 0 aliphatic carbocycles. The van der Waals surface area contributed by atoms with Crippen molar-refractivity contribution < 1.29 is 4.79 Å². The molecule has 3 heterocycles. The monoisotopic (exact) mass is 275 g/mol. The fourth-order valence-corrected chi connectivity index (χ4v) is 2.58. The van der Waals surface area contributed by atoms with Crippen LogP contribution in [-0.2, 0) is 0 Å². The Morgan fingerprint density at radius 3 is 3.05 bits per heavy atom. The van der Waals surface area contributed by atoms with Crippen molar-refractivity contribution in [2.75, 3.05) is 19.6 Å². The highest BCUT2D eigenvalue weighted by molar-refractivity contribution is 5.80. The van der Waals surface area contributed by atoms with E-state index in [1.165, 1.54) is 4.40 Å². The molecule has 7 heteroatoms. The zero-order valence-corrected chi connectivity index (χ0v) is 11.1. The molecule has 0 bridgehead atoms. The third-order valence-electron chi connectivity index (χ3n) is 3.57. The summed E-state index contributed by atoms with van der Waals surface area (Å²) in [4.78, 5) is 26.3. The largest absolute Gasteiger partial charge is 0.357 e. The molecule has 106 valence electrons. The summed E-state index contributed by atoms with van der Waals surface area (Å²) < 4.78 is 2.30. The minimum atomic E-state index is -0.424. The van der Waals surface area contributed by atoms with E-state index in [2.05, 4.69) is 5.10 Å². The first-order chi connectivity index (χ1) is 9.65. The number of hydrogen-bond acceptors (Lipinski definition) is 5. The SMILES string of the molecule is NC1CCCN(CC(=O)n2nc3ccccn3c2=O)C1. The lowest BCUT2D eigenvalue weighted by Gasteiger charge is -2.29. The molecule has 0 amide bonds. The molecule has 2 aromatic rings. The van der Waals surface area contributed by atoms with E-state index in [-0.39, 0.29) is 18.5 Å². The highest BCUT2D eigenvalue weighted by atomic mass is 16.2. The number of carbonyl (C=O) groups is 1. The highest BCUT2D eigenvalue weighted by Crippen LogP contribution is 2.07. The van der Waals surface area contributed by atoms with Crippen LogP contribution >= 0.6 is 0 Å². The predicted octanol–water partition coefficient (Wildman–Crippen LogP) is -0.441.